The fraction of sp³-hybridized carbons (Fsp3) is 0.417. The van der Waals surface area contributed by atoms with Gasteiger partial charge in [0.1, 0.15) is 5.82 Å². The molecule has 1 amide bonds. The number of amides is 1. The van der Waals surface area contributed by atoms with Crippen molar-refractivity contribution in [2.75, 3.05) is 23.8 Å². The lowest BCUT2D eigenvalue weighted by Gasteiger charge is -2.10. The monoisotopic (exact) mass is 286 g/mol. The third-order valence-electron chi connectivity index (χ3n) is 3.12. The highest BCUT2D eigenvalue weighted by molar-refractivity contribution is 7.91. The third kappa shape index (κ3) is 3.44. The average molecular weight is 286 g/mol. The second-order valence-corrected chi connectivity index (χ2v) is 6.95. The molecular formula is C12H15FN2O3S. The zero-order chi connectivity index (χ0) is 14.0. The third-order valence-corrected chi connectivity index (χ3v) is 4.95. The van der Waals surface area contributed by atoms with Gasteiger partial charge in [-0.05, 0) is 30.5 Å². The summed E-state index contributed by atoms with van der Waals surface area (Å²) in [6, 6.07) is 3.83. The van der Waals surface area contributed by atoms with Gasteiger partial charge < -0.3 is 11.1 Å². The van der Waals surface area contributed by atoms with Crippen LogP contribution in [0.1, 0.15) is 16.8 Å². The number of anilines is 1. The molecule has 0 aliphatic carbocycles. The Morgan fingerprint density at radius 3 is 2.79 bits per heavy atom. The molecule has 104 valence electrons. The van der Waals surface area contributed by atoms with Gasteiger partial charge in [0.25, 0.3) is 5.91 Å². The lowest BCUT2D eigenvalue weighted by atomic mass is 10.1. The van der Waals surface area contributed by atoms with Crippen LogP contribution in [0, 0.1) is 11.7 Å². The highest BCUT2D eigenvalue weighted by Gasteiger charge is 2.28. The van der Waals surface area contributed by atoms with E-state index in [2.05, 4.69) is 5.32 Å². The summed E-state index contributed by atoms with van der Waals surface area (Å²) in [5.74, 6) is -1.09. The van der Waals surface area contributed by atoms with Gasteiger partial charge in [-0.3, -0.25) is 4.79 Å². The average Bonchev–Trinajstić information content (AvgIpc) is 2.66. The van der Waals surface area contributed by atoms with Gasteiger partial charge in [0, 0.05) is 12.2 Å². The number of rotatable bonds is 3. The van der Waals surface area contributed by atoms with E-state index in [-0.39, 0.29) is 35.2 Å². The first-order chi connectivity index (χ1) is 8.87. The Morgan fingerprint density at radius 2 is 2.21 bits per heavy atom. The molecular weight excluding hydrogens is 271 g/mol. The molecule has 1 heterocycles. The van der Waals surface area contributed by atoms with Crippen LogP contribution >= 0.6 is 0 Å². The number of benzene rings is 1. The number of halogens is 1. The Bertz CT molecular complexity index is 601. The van der Waals surface area contributed by atoms with Crippen molar-refractivity contribution < 1.29 is 17.6 Å². The Labute approximate surface area is 110 Å². The minimum atomic E-state index is -2.96. The van der Waals surface area contributed by atoms with Crippen molar-refractivity contribution in [3.63, 3.8) is 0 Å². The van der Waals surface area contributed by atoms with E-state index in [4.69, 9.17) is 5.73 Å². The number of carbonyl (C=O) groups excluding carboxylic acids is 1. The standard InChI is InChI=1S/C12H15FN2O3S/c13-11-5-9(14)1-2-10(11)12(16)15-6-8-3-4-19(17,18)7-8/h1-2,5,8H,3-4,6-7,14H2,(H,15,16). The summed E-state index contributed by atoms with van der Waals surface area (Å²) in [5, 5.41) is 2.55. The number of hydrogen-bond acceptors (Lipinski definition) is 4. The molecule has 0 saturated carbocycles. The molecule has 1 aromatic carbocycles. The molecule has 19 heavy (non-hydrogen) atoms. The van der Waals surface area contributed by atoms with Gasteiger partial charge in [-0.2, -0.15) is 0 Å². The molecule has 1 atom stereocenters. The van der Waals surface area contributed by atoms with E-state index >= 15 is 0 Å². The normalized spacial score (nSPS) is 21.2. The van der Waals surface area contributed by atoms with Crippen LogP contribution < -0.4 is 11.1 Å². The Kier molecular flexibility index (Phi) is 3.75. The van der Waals surface area contributed by atoms with Crippen LogP contribution in [-0.4, -0.2) is 32.4 Å². The maximum Gasteiger partial charge on any atom is 0.254 e. The maximum atomic E-state index is 13.5. The van der Waals surface area contributed by atoms with Crippen molar-refractivity contribution in [1.82, 2.24) is 5.32 Å². The molecule has 3 N–H and O–H groups in total. The topological polar surface area (TPSA) is 89.3 Å². The molecule has 0 radical (unpaired) electrons. The Hall–Kier alpha value is -1.63. The second-order valence-electron chi connectivity index (χ2n) is 4.72. The van der Waals surface area contributed by atoms with E-state index in [1.165, 1.54) is 12.1 Å². The number of nitrogens with one attached hydrogen (secondary N) is 1. The molecule has 5 nitrogen and oxygen atoms in total. The summed E-state index contributed by atoms with van der Waals surface area (Å²) in [6.45, 7) is 0.238. The number of sulfone groups is 1. The molecule has 1 fully saturated rings. The predicted octanol–water partition coefficient (Wildman–Crippen LogP) is 0.572. The quantitative estimate of drug-likeness (QED) is 0.795. The van der Waals surface area contributed by atoms with Crippen molar-refractivity contribution in [2.24, 2.45) is 5.92 Å². The van der Waals surface area contributed by atoms with E-state index in [1.54, 1.807) is 0 Å². The van der Waals surface area contributed by atoms with Crippen LogP contribution in [0.25, 0.3) is 0 Å². The summed E-state index contributed by atoms with van der Waals surface area (Å²) in [4.78, 5) is 11.8. The van der Waals surface area contributed by atoms with Crippen LogP contribution in [0.15, 0.2) is 18.2 Å². The minimum Gasteiger partial charge on any atom is -0.399 e. The van der Waals surface area contributed by atoms with E-state index in [0.29, 0.717) is 6.42 Å². The highest BCUT2D eigenvalue weighted by atomic mass is 32.2. The Morgan fingerprint density at radius 1 is 1.47 bits per heavy atom. The second kappa shape index (κ2) is 5.16. The highest BCUT2D eigenvalue weighted by Crippen LogP contribution is 2.18. The molecule has 1 unspecified atom stereocenters. The van der Waals surface area contributed by atoms with Crippen LogP contribution in [0.5, 0.6) is 0 Å². The van der Waals surface area contributed by atoms with Gasteiger partial charge >= 0.3 is 0 Å². The number of carbonyl (C=O) groups is 1. The molecule has 0 aromatic heterocycles. The zero-order valence-corrected chi connectivity index (χ0v) is 11.0. The number of nitrogen functional groups attached to an aromatic ring is 1. The first kappa shape index (κ1) is 13.8. The summed E-state index contributed by atoms with van der Waals surface area (Å²) in [6.07, 6.45) is 0.535. The van der Waals surface area contributed by atoms with Gasteiger partial charge in [-0.1, -0.05) is 0 Å². The first-order valence-electron chi connectivity index (χ1n) is 5.91. The lowest BCUT2D eigenvalue weighted by Crippen LogP contribution is -2.30. The molecule has 1 aliphatic heterocycles. The van der Waals surface area contributed by atoms with Crippen molar-refractivity contribution in [3.05, 3.63) is 29.6 Å². The van der Waals surface area contributed by atoms with E-state index in [9.17, 15) is 17.6 Å². The molecule has 1 aromatic rings. The predicted molar refractivity (Wildman–Crippen MR) is 69.9 cm³/mol. The van der Waals surface area contributed by atoms with Gasteiger partial charge in [0.05, 0.1) is 17.1 Å². The fourth-order valence-electron chi connectivity index (χ4n) is 2.08. The van der Waals surface area contributed by atoms with E-state index in [0.717, 1.165) is 6.07 Å². The van der Waals surface area contributed by atoms with Gasteiger partial charge in [-0.15, -0.1) is 0 Å². The molecule has 1 saturated heterocycles. The molecule has 1 aliphatic rings. The van der Waals surface area contributed by atoms with Crippen LogP contribution in [0.2, 0.25) is 0 Å². The summed E-state index contributed by atoms with van der Waals surface area (Å²) in [5.41, 5.74) is 5.55. The maximum absolute atomic E-state index is 13.5. The van der Waals surface area contributed by atoms with Gasteiger partial charge in [0.15, 0.2) is 9.84 Å². The van der Waals surface area contributed by atoms with E-state index < -0.39 is 21.6 Å². The van der Waals surface area contributed by atoms with E-state index in [1.807, 2.05) is 0 Å². The first-order valence-corrected chi connectivity index (χ1v) is 7.73. The molecule has 0 bridgehead atoms. The van der Waals surface area contributed by atoms with Crippen molar-refractivity contribution >= 4 is 21.4 Å². The minimum absolute atomic E-state index is 0.0809. The van der Waals surface area contributed by atoms with Crippen LogP contribution in [0.3, 0.4) is 0 Å². The smallest absolute Gasteiger partial charge is 0.254 e. The lowest BCUT2D eigenvalue weighted by molar-refractivity contribution is 0.0944. The summed E-state index contributed by atoms with van der Waals surface area (Å²) >= 11 is 0. The van der Waals surface area contributed by atoms with Crippen LogP contribution in [-0.2, 0) is 9.84 Å². The van der Waals surface area contributed by atoms with Gasteiger partial charge in [0.2, 0.25) is 0 Å². The fourth-order valence-corrected chi connectivity index (χ4v) is 3.94. The van der Waals surface area contributed by atoms with Gasteiger partial charge in [-0.25, -0.2) is 12.8 Å². The molecule has 2 rings (SSSR count). The van der Waals surface area contributed by atoms with Crippen molar-refractivity contribution in [2.45, 2.75) is 6.42 Å². The summed E-state index contributed by atoms with van der Waals surface area (Å²) in [7, 11) is -2.96. The van der Waals surface area contributed by atoms with Crippen molar-refractivity contribution in [3.8, 4) is 0 Å². The Balaban J connectivity index is 1.95. The number of hydrogen-bond donors (Lipinski definition) is 2. The number of nitrogens with two attached hydrogens (primary N) is 1. The summed E-state index contributed by atoms with van der Waals surface area (Å²) < 4.78 is 36.0. The van der Waals surface area contributed by atoms with Crippen LogP contribution in [0.4, 0.5) is 10.1 Å². The molecule has 0 spiro atoms. The SMILES string of the molecule is Nc1ccc(C(=O)NCC2CCS(=O)(=O)C2)c(F)c1. The molecule has 7 heteroatoms. The van der Waals surface area contributed by atoms with Crippen molar-refractivity contribution in [1.29, 1.82) is 0 Å². The zero-order valence-electron chi connectivity index (χ0n) is 10.2. The largest absolute Gasteiger partial charge is 0.399 e.